The van der Waals surface area contributed by atoms with Gasteiger partial charge >= 0.3 is 0 Å². The van der Waals surface area contributed by atoms with Crippen LogP contribution in [0.15, 0.2) is 0 Å². The van der Waals surface area contributed by atoms with E-state index in [2.05, 4.69) is 0 Å². The highest BCUT2D eigenvalue weighted by Gasteiger charge is 2.35. The van der Waals surface area contributed by atoms with Gasteiger partial charge in [0.2, 0.25) is 0 Å². The number of fused-ring (bicyclic) bond motifs is 1. The van der Waals surface area contributed by atoms with Crippen LogP contribution in [0.2, 0.25) is 0 Å². The highest BCUT2D eigenvalue weighted by molar-refractivity contribution is 5.80. The minimum atomic E-state index is -0.379. The van der Waals surface area contributed by atoms with Crippen LogP contribution in [0.5, 0.6) is 0 Å². The lowest BCUT2D eigenvalue weighted by atomic mass is 9.88. The summed E-state index contributed by atoms with van der Waals surface area (Å²) in [5, 5.41) is 0. The van der Waals surface area contributed by atoms with Gasteiger partial charge in [0.05, 0.1) is 19.3 Å². The molecule has 0 aliphatic carbocycles. The Morgan fingerprint density at radius 2 is 2.26 bits per heavy atom. The molecule has 2 rings (SSSR count). The van der Waals surface area contributed by atoms with E-state index in [-0.39, 0.29) is 12.0 Å². The van der Waals surface area contributed by atoms with Crippen LogP contribution in [0.4, 0.5) is 0 Å². The molecule has 5 heteroatoms. The maximum absolute atomic E-state index is 12.3. The van der Waals surface area contributed by atoms with Crippen molar-refractivity contribution in [2.24, 2.45) is 5.92 Å². The molecule has 0 aromatic rings. The normalized spacial score (nSPS) is 28.8. The molecule has 3 atom stereocenters. The molecule has 19 heavy (non-hydrogen) atoms. The second kappa shape index (κ2) is 7.22. The van der Waals surface area contributed by atoms with Crippen LogP contribution in [-0.2, 0) is 19.0 Å². The number of hydrogen-bond acceptors (Lipinski definition) is 4. The van der Waals surface area contributed by atoms with Crippen molar-refractivity contribution in [2.45, 2.75) is 38.4 Å². The first kappa shape index (κ1) is 14.8. The summed E-state index contributed by atoms with van der Waals surface area (Å²) in [4.78, 5) is 14.2. The van der Waals surface area contributed by atoms with Crippen molar-refractivity contribution in [3.05, 3.63) is 0 Å². The Morgan fingerprint density at radius 3 is 3.05 bits per heavy atom. The molecule has 1 amide bonds. The first-order valence-corrected chi connectivity index (χ1v) is 7.23. The van der Waals surface area contributed by atoms with Gasteiger partial charge in [0.25, 0.3) is 5.91 Å². The molecule has 2 heterocycles. The number of rotatable bonds is 5. The van der Waals surface area contributed by atoms with Gasteiger partial charge in [-0.05, 0) is 26.2 Å². The number of nitrogens with zero attached hydrogens (tertiary/aromatic N) is 1. The van der Waals surface area contributed by atoms with E-state index in [1.807, 2.05) is 11.8 Å². The average molecular weight is 271 g/mol. The summed E-state index contributed by atoms with van der Waals surface area (Å²) in [5.41, 5.74) is 0. The van der Waals surface area contributed by atoms with Crippen molar-refractivity contribution in [1.82, 2.24) is 4.90 Å². The lowest BCUT2D eigenvalue weighted by Crippen LogP contribution is -2.51. The van der Waals surface area contributed by atoms with Crippen LogP contribution in [0.25, 0.3) is 0 Å². The number of piperidine rings is 1. The fraction of sp³-hybridized carbons (Fsp3) is 0.929. The van der Waals surface area contributed by atoms with E-state index >= 15 is 0 Å². The van der Waals surface area contributed by atoms with Crippen molar-refractivity contribution in [2.75, 3.05) is 40.0 Å². The SMILES string of the molecule is COCCO[C@H](C)C(=O)N1CC[C@H]2OCCC[C@@H]2C1. The maximum atomic E-state index is 12.3. The summed E-state index contributed by atoms with van der Waals surface area (Å²) in [6, 6.07) is 0. The van der Waals surface area contributed by atoms with Crippen molar-refractivity contribution in [1.29, 1.82) is 0 Å². The molecule has 5 nitrogen and oxygen atoms in total. The lowest BCUT2D eigenvalue weighted by Gasteiger charge is -2.41. The Kier molecular flexibility index (Phi) is 5.60. The molecule has 0 unspecified atom stereocenters. The lowest BCUT2D eigenvalue weighted by molar-refractivity contribution is -0.150. The third-order valence-electron chi connectivity index (χ3n) is 4.03. The largest absolute Gasteiger partial charge is 0.382 e. The Labute approximate surface area is 115 Å². The molecule has 110 valence electrons. The van der Waals surface area contributed by atoms with E-state index < -0.39 is 0 Å². The molecular formula is C14H25NO4. The number of ether oxygens (including phenoxy) is 3. The van der Waals surface area contributed by atoms with Crippen LogP contribution in [0.3, 0.4) is 0 Å². The first-order chi connectivity index (χ1) is 9.22. The maximum Gasteiger partial charge on any atom is 0.251 e. The third-order valence-corrected chi connectivity index (χ3v) is 4.03. The fourth-order valence-corrected chi connectivity index (χ4v) is 2.92. The molecule has 0 aromatic carbocycles. The number of likely N-dealkylation sites (tertiary alicyclic amines) is 1. The molecule has 0 saturated carbocycles. The van der Waals surface area contributed by atoms with Crippen LogP contribution >= 0.6 is 0 Å². The van der Waals surface area contributed by atoms with E-state index in [4.69, 9.17) is 14.2 Å². The zero-order valence-electron chi connectivity index (χ0n) is 12.0. The number of carbonyl (C=O) groups is 1. The van der Waals surface area contributed by atoms with Gasteiger partial charge in [0.1, 0.15) is 6.10 Å². The molecule has 2 aliphatic heterocycles. The quantitative estimate of drug-likeness (QED) is 0.702. The number of amides is 1. The molecule has 2 saturated heterocycles. The second-order valence-corrected chi connectivity index (χ2v) is 5.39. The van der Waals surface area contributed by atoms with Gasteiger partial charge in [-0.3, -0.25) is 4.79 Å². The summed E-state index contributed by atoms with van der Waals surface area (Å²) in [6.07, 6.45) is 3.23. The topological polar surface area (TPSA) is 48.0 Å². The van der Waals surface area contributed by atoms with E-state index in [0.717, 1.165) is 32.5 Å². The predicted octanol–water partition coefficient (Wildman–Crippen LogP) is 1.07. The molecule has 2 fully saturated rings. The standard InChI is InChI=1S/C14H25NO4/c1-11(18-9-8-17-2)14(16)15-6-5-13-12(10-15)4-3-7-19-13/h11-13H,3-10H2,1-2H3/t11-,12-,13-/m1/s1. The first-order valence-electron chi connectivity index (χ1n) is 7.23. The summed E-state index contributed by atoms with van der Waals surface area (Å²) in [7, 11) is 1.63. The molecule has 0 bridgehead atoms. The van der Waals surface area contributed by atoms with Gasteiger partial charge in [-0.25, -0.2) is 0 Å². The average Bonchev–Trinajstić information content (AvgIpc) is 2.46. The zero-order valence-corrected chi connectivity index (χ0v) is 12.0. The smallest absolute Gasteiger partial charge is 0.251 e. The van der Waals surface area contributed by atoms with Gasteiger partial charge in [-0.2, -0.15) is 0 Å². The van der Waals surface area contributed by atoms with Crippen molar-refractivity contribution in [3.8, 4) is 0 Å². The Hall–Kier alpha value is -0.650. The fourth-order valence-electron chi connectivity index (χ4n) is 2.92. The number of hydrogen-bond donors (Lipinski definition) is 0. The van der Waals surface area contributed by atoms with Crippen molar-refractivity contribution in [3.63, 3.8) is 0 Å². The second-order valence-electron chi connectivity index (χ2n) is 5.39. The van der Waals surface area contributed by atoms with Gasteiger partial charge in [0, 0.05) is 32.7 Å². The van der Waals surface area contributed by atoms with Gasteiger partial charge in [0.15, 0.2) is 0 Å². The summed E-state index contributed by atoms with van der Waals surface area (Å²) in [5.74, 6) is 0.609. The van der Waals surface area contributed by atoms with E-state index in [1.54, 1.807) is 7.11 Å². The predicted molar refractivity (Wildman–Crippen MR) is 71.0 cm³/mol. The molecule has 0 aromatic heterocycles. The third kappa shape index (κ3) is 3.91. The number of carbonyl (C=O) groups excluding carboxylic acids is 1. The summed E-state index contributed by atoms with van der Waals surface area (Å²) < 4.78 is 16.2. The van der Waals surface area contributed by atoms with E-state index in [9.17, 15) is 4.79 Å². The minimum Gasteiger partial charge on any atom is -0.382 e. The van der Waals surface area contributed by atoms with Crippen LogP contribution < -0.4 is 0 Å². The van der Waals surface area contributed by atoms with Gasteiger partial charge < -0.3 is 19.1 Å². The van der Waals surface area contributed by atoms with Gasteiger partial charge in [-0.15, -0.1) is 0 Å². The van der Waals surface area contributed by atoms with Crippen LogP contribution in [0.1, 0.15) is 26.2 Å². The highest BCUT2D eigenvalue weighted by atomic mass is 16.5. The Morgan fingerprint density at radius 1 is 1.42 bits per heavy atom. The molecular weight excluding hydrogens is 246 g/mol. The van der Waals surface area contributed by atoms with Crippen molar-refractivity contribution >= 4 is 5.91 Å². The molecule has 0 radical (unpaired) electrons. The van der Waals surface area contributed by atoms with Crippen molar-refractivity contribution < 1.29 is 19.0 Å². The van der Waals surface area contributed by atoms with Crippen LogP contribution in [-0.4, -0.2) is 63.0 Å². The monoisotopic (exact) mass is 271 g/mol. The van der Waals surface area contributed by atoms with E-state index in [1.165, 1.54) is 6.42 Å². The summed E-state index contributed by atoms with van der Waals surface area (Å²) >= 11 is 0. The summed E-state index contributed by atoms with van der Waals surface area (Å²) in [6.45, 7) is 5.30. The van der Waals surface area contributed by atoms with E-state index in [0.29, 0.717) is 25.2 Å². The molecule has 2 aliphatic rings. The molecule has 0 spiro atoms. The minimum absolute atomic E-state index is 0.0973. The number of methoxy groups -OCH3 is 1. The zero-order chi connectivity index (χ0) is 13.7. The van der Waals surface area contributed by atoms with Gasteiger partial charge in [-0.1, -0.05) is 0 Å². The highest BCUT2D eigenvalue weighted by Crippen LogP contribution is 2.28. The van der Waals surface area contributed by atoms with Crippen LogP contribution in [0, 0.1) is 5.92 Å². The Balaban J connectivity index is 1.79. The Bertz CT molecular complexity index is 297. The molecule has 0 N–H and O–H groups in total.